The molecule has 7 nitrogen and oxygen atoms in total. The van der Waals surface area contributed by atoms with Crippen LogP contribution in [0, 0.1) is 6.92 Å². The number of amides is 4. The summed E-state index contributed by atoms with van der Waals surface area (Å²) in [5.74, 6) is -0.887. The number of hydrogen-bond donors (Lipinski definition) is 3. The molecule has 9 heteroatoms. The van der Waals surface area contributed by atoms with E-state index in [1.165, 1.54) is 11.3 Å². The number of benzene rings is 2. The molecule has 1 saturated heterocycles. The molecule has 1 aliphatic heterocycles. The van der Waals surface area contributed by atoms with Crippen molar-refractivity contribution in [2.45, 2.75) is 12.5 Å². The number of hydrogen-bond acceptors (Lipinski definition) is 5. The second-order valence-electron chi connectivity index (χ2n) is 6.82. The number of carbonyl (C=O) groups excluding carboxylic acids is 3. The zero-order valence-electron chi connectivity index (χ0n) is 15.9. The zero-order valence-corrected chi connectivity index (χ0v) is 17.4. The number of aryl methyl sites for hydroxylation is 1. The molecule has 0 saturated carbocycles. The predicted molar refractivity (Wildman–Crippen MR) is 114 cm³/mol. The van der Waals surface area contributed by atoms with Crippen molar-refractivity contribution in [3.8, 4) is 11.1 Å². The van der Waals surface area contributed by atoms with Gasteiger partial charge in [0.15, 0.2) is 5.54 Å². The van der Waals surface area contributed by atoms with Crippen LogP contribution < -0.4 is 16.0 Å². The van der Waals surface area contributed by atoms with Gasteiger partial charge in [0.05, 0.1) is 22.6 Å². The fraction of sp³-hybridized carbons (Fsp3) is 0.143. The van der Waals surface area contributed by atoms with Gasteiger partial charge in [0, 0.05) is 10.6 Å². The lowest BCUT2D eigenvalue weighted by atomic mass is 9.95. The Hall–Kier alpha value is -3.23. The van der Waals surface area contributed by atoms with Gasteiger partial charge in [-0.3, -0.25) is 14.9 Å². The Kier molecular flexibility index (Phi) is 5.27. The Morgan fingerprint density at radius 3 is 2.53 bits per heavy atom. The molecule has 1 fully saturated rings. The summed E-state index contributed by atoms with van der Waals surface area (Å²) in [5, 5.41) is 8.33. The molecule has 4 rings (SSSR count). The monoisotopic (exact) mass is 440 g/mol. The van der Waals surface area contributed by atoms with Crippen molar-refractivity contribution >= 4 is 40.8 Å². The van der Waals surface area contributed by atoms with Gasteiger partial charge in [0.1, 0.15) is 0 Å². The van der Waals surface area contributed by atoms with Crippen LogP contribution in [0.25, 0.3) is 11.1 Å². The molecule has 2 heterocycles. The van der Waals surface area contributed by atoms with Crippen molar-refractivity contribution < 1.29 is 14.4 Å². The first kappa shape index (κ1) is 20.1. The smallest absolute Gasteiger partial charge is 0.322 e. The minimum atomic E-state index is -1.40. The Bertz CT molecular complexity index is 1150. The van der Waals surface area contributed by atoms with Crippen LogP contribution in [-0.2, 0) is 10.3 Å². The lowest BCUT2D eigenvalue weighted by molar-refractivity contribution is -0.124. The average molecular weight is 441 g/mol. The quantitative estimate of drug-likeness (QED) is 0.530. The van der Waals surface area contributed by atoms with Gasteiger partial charge in [0.25, 0.3) is 11.8 Å². The molecule has 30 heavy (non-hydrogen) atoms. The van der Waals surface area contributed by atoms with Gasteiger partial charge in [-0.15, -0.1) is 11.3 Å². The Balaban J connectivity index is 1.63. The summed E-state index contributed by atoms with van der Waals surface area (Å²) in [4.78, 5) is 42.3. The van der Waals surface area contributed by atoms with E-state index in [0.29, 0.717) is 21.2 Å². The maximum Gasteiger partial charge on any atom is 0.322 e. The Morgan fingerprint density at radius 2 is 1.90 bits per heavy atom. The third-order valence-electron chi connectivity index (χ3n) is 4.92. The van der Waals surface area contributed by atoms with Crippen molar-refractivity contribution in [1.29, 1.82) is 0 Å². The number of thiazole rings is 1. The SMILES string of the molecule is Cc1ncsc1C1(CNC(=O)c2ccccc2-c2ccc(Cl)cc2)NC(=O)NC1=O. The number of nitrogens with zero attached hydrogens (tertiary/aromatic N) is 1. The molecule has 1 aromatic heterocycles. The van der Waals surface area contributed by atoms with E-state index in [9.17, 15) is 14.4 Å². The van der Waals surface area contributed by atoms with Crippen molar-refractivity contribution in [3.63, 3.8) is 0 Å². The molecule has 0 bridgehead atoms. The largest absolute Gasteiger partial charge is 0.349 e. The molecule has 3 N–H and O–H groups in total. The van der Waals surface area contributed by atoms with Gasteiger partial charge >= 0.3 is 6.03 Å². The summed E-state index contributed by atoms with van der Waals surface area (Å²) in [6.45, 7) is 1.64. The molecule has 3 aromatic rings. The maximum atomic E-state index is 13.1. The van der Waals surface area contributed by atoms with Gasteiger partial charge in [-0.25, -0.2) is 9.78 Å². The Labute approximate surface area is 181 Å². The minimum Gasteiger partial charge on any atom is -0.349 e. The standard InChI is InChI=1S/C21H17ClN4O3S/c1-12-17(30-11-24-12)21(19(28)25-20(29)26-21)10-23-18(27)16-5-3-2-4-15(16)13-6-8-14(22)9-7-13/h2-9,11H,10H2,1H3,(H,23,27)(H2,25,26,28,29). The molecule has 1 unspecified atom stereocenters. The zero-order chi connectivity index (χ0) is 21.3. The highest BCUT2D eigenvalue weighted by Crippen LogP contribution is 2.31. The van der Waals surface area contributed by atoms with E-state index in [1.54, 1.807) is 36.7 Å². The highest BCUT2D eigenvalue weighted by molar-refractivity contribution is 7.10. The van der Waals surface area contributed by atoms with Crippen molar-refractivity contribution in [1.82, 2.24) is 20.9 Å². The van der Waals surface area contributed by atoms with Crippen molar-refractivity contribution in [2.24, 2.45) is 0 Å². The lowest BCUT2D eigenvalue weighted by Crippen LogP contribution is -2.52. The van der Waals surface area contributed by atoms with Crippen LogP contribution in [0.15, 0.2) is 54.0 Å². The number of imide groups is 1. The van der Waals surface area contributed by atoms with Crippen molar-refractivity contribution in [2.75, 3.05) is 6.54 Å². The first-order valence-corrected chi connectivity index (χ1v) is 10.3. The molecular formula is C21H17ClN4O3S. The molecule has 0 radical (unpaired) electrons. The first-order chi connectivity index (χ1) is 14.4. The normalized spacial score (nSPS) is 18.1. The fourth-order valence-corrected chi connectivity index (χ4v) is 4.52. The first-order valence-electron chi connectivity index (χ1n) is 9.08. The van der Waals surface area contributed by atoms with Gasteiger partial charge in [-0.1, -0.05) is 41.9 Å². The number of urea groups is 1. The second kappa shape index (κ2) is 7.89. The van der Waals surface area contributed by atoms with Crippen LogP contribution in [0.4, 0.5) is 4.79 Å². The van der Waals surface area contributed by atoms with Crippen LogP contribution in [0.3, 0.4) is 0 Å². The van der Waals surface area contributed by atoms with Crippen LogP contribution in [0.2, 0.25) is 5.02 Å². The highest BCUT2D eigenvalue weighted by atomic mass is 35.5. The maximum absolute atomic E-state index is 13.1. The van der Waals surface area contributed by atoms with E-state index in [0.717, 1.165) is 11.1 Å². The fourth-order valence-electron chi connectivity index (χ4n) is 3.44. The summed E-state index contributed by atoms with van der Waals surface area (Å²) >= 11 is 7.22. The minimum absolute atomic E-state index is 0.110. The number of carbonyl (C=O) groups is 3. The Morgan fingerprint density at radius 1 is 1.17 bits per heavy atom. The summed E-state index contributed by atoms with van der Waals surface area (Å²) < 4.78 is 0. The predicted octanol–water partition coefficient (Wildman–Crippen LogP) is 3.24. The van der Waals surface area contributed by atoms with E-state index in [4.69, 9.17) is 11.6 Å². The van der Waals surface area contributed by atoms with E-state index < -0.39 is 17.5 Å². The topological polar surface area (TPSA) is 100 Å². The number of nitrogens with one attached hydrogen (secondary N) is 3. The highest BCUT2D eigenvalue weighted by Gasteiger charge is 2.50. The van der Waals surface area contributed by atoms with E-state index in [1.807, 2.05) is 24.3 Å². The molecule has 152 valence electrons. The number of halogens is 1. The molecule has 1 atom stereocenters. The molecule has 1 aliphatic rings. The summed E-state index contributed by atoms with van der Waals surface area (Å²) in [6.07, 6.45) is 0. The van der Waals surface area contributed by atoms with Crippen LogP contribution >= 0.6 is 22.9 Å². The van der Waals surface area contributed by atoms with Crippen molar-refractivity contribution in [3.05, 3.63) is 75.2 Å². The van der Waals surface area contributed by atoms with Crippen LogP contribution in [-0.4, -0.2) is 29.4 Å². The van der Waals surface area contributed by atoms with E-state index in [2.05, 4.69) is 20.9 Å². The lowest BCUT2D eigenvalue weighted by Gasteiger charge is -2.25. The average Bonchev–Trinajstić information content (AvgIpc) is 3.29. The van der Waals surface area contributed by atoms with E-state index >= 15 is 0 Å². The van der Waals surface area contributed by atoms with Gasteiger partial charge in [0.2, 0.25) is 0 Å². The van der Waals surface area contributed by atoms with Gasteiger partial charge < -0.3 is 10.6 Å². The summed E-state index contributed by atoms with van der Waals surface area (Å²) in [6, 6.07) is 13.7. The summed E-state index contributed by atoms with van der Waals surface area (Å²) in [5.41, 5.74) is 2.84. The van der Waals surface area contributed by atoms with Gasteiger partial charge in [-0.05, 0) is 36.2 Å². The summed E-state index contributed by atoms with van der Waals surface area (Å²) in [7, 11) is 0. The molecule has 0 aliphatic carbocycles. The van der Waals surface area contributed by atoms with E-state index in [-0.39, 0.29) is 12.5 Å². The molecule has 0 spiro atoms. The third-order valence-corrected chi connectivity index (χ3v) is 6.26. The molecular weight excluding hydrogens is 424 g/mol. The third kappa shape index (κ3) is 3.55. The second-order valence-corrected chi connectivity index (χ2v) is 8.11. The number of aromatic nitrogens is 1. The van der Waals surface area contributed by atoms with Crippen LogP contribution in [0.5, 0.6) is 0 Å². The van der Waals surface area contributed by atoms with Crippen LogP contribution in [0.1, 0.15) is 20.9 Å². The number of rotatable bonds is 5. The van der Waals surface area contributed by atoms with Gasteiger partial charge in [-0.2, -0.15) is 0 Å². The molecule has 2 aromatic carbocycles. The molecule has 4 amide bonds.